The Kier molecular flexibility index (Phi) is 4.43. The lowest BCUT2D eigenvalue weighted by Crippen LogP contribution is -2.29. The maximum Gasteiger partial charge on any atom is 0.274 e. The number of hydrogen-bond acceptors (Lipinski definition) is 5. The predicted molar refractivity (Wildman–Crippen MR) is 75.1 cm³/mol. The largest absolute Gasteiger partial charge is 0.364 e. The number of terminal acetylenes is 1. The summed E-state index contributed by atoms with van der Waals surface area (Å²) in [7, 11) is 0. The first-order valence-electron chi connectivity index (χ1n) is 6.00. The van der Waals surface area contributed by atoms with Gasteiger partial charge in [-0.15, -0.1) is 12.3 Å². The number of nitrogens with zero attached hydrogens (tertiary/aromatic N) is 3. The van der Waals surface area contributed by atoms with Gasteiger partial charge in [-0.1, -0.05) is 17.7 Å². The molecular weight excluding hydrogens is 280 g/mol. The molecule has 7 heteroatoms. The molecule has 1 atom stereocenters. The molecule has 0 aromatic carbocycles. The zero-order valence-electron chi connectivity index (χ0n) is 10.6. The number of nitrogens with one attached hydrogen (secondary N) is 1. The molecule has 1 fully saturated rings. The van der Waals surface area contributed by atoms with Crippen LogP contribution in [0.4, 0.5) is 0 Å². The van der Waals surface area contributed by atoms with Crippen molar-refractivity contribution < 1.29 is 4.92 Å². The average Bonchev–Trinajstić information content (AvgIpc) is 2.75. The zero-order chi connectivity index (χ0) is 14.5. The van der Waals surface area contributed by atoms with Crippen molar-refractivity contribution in [3.63, 3.8) is 0 Å². The van der Waals surface area contributed by atoms with Crippen LogP contribution >= 0.6 is 11.6 Å². The highest BCUT2D eigenvalue weighted by Crippen LogP contribution is 2.20. The van der Waals surface area contributed by atoms with Crippen LogP contribution in [0.25, 0.3) is 0 Å². The molecule has 1 saturated heterocycles. The third-order valence-corrected chi connectivity index (χ3v) is 3.22. The summed E-state index contributed by atoms with van der Waals surface area (Å²) < 4.78 is 0. The van der Waals surface area contributed by atoms with E-state index in [1.54, 1.807) is 12.3 Å². The number of halogens is 1. The van der Waals surface area contributed by atoms with Crippen LogP contribution in [0.3, 0.4) is 0 Å². The Morgan fingerprint density at radius 1 is 1.70 bits per heavy atom. The Morgan fingerprint density at radius 3 is 3.10 bits per heavy atom. The number of aromatic nitrogens is 1. The molecular formula is C13H13ClN4O2. The minimum atomic E-state index is -0.478. The molecule has 2 heterocycles. The van der Waals surface area contributed by atoms with E-state index in [4.69, 9.17) is 18.0 Å². The highest BCUT2D eigenvalue weighted by Gasteiger charge is 2.29. The standard InChI is InChI=1S/C13H13ClN4O2/c1-2-3-11-7-16-13(9-18(19)20)17(11)8-10-4-5-12(14)15-6-10/h1,4-6,9,11,16H,3,7-8H2/b13-9+/t11-/m1/s1. The first-order valence-corrected chi connectivity index (χ1v) is 6.37. The third-order valence-electron chi connectivity index (χ3n) is 2.99. The predicted octanol–water partition coefficient (Wildman–Crippen LogP) is 1.61. The summed E-state index contributed by atoms with van der Waals surface area (Å²) in [5.41, 5.74) is 0.911. The summed E-state index contributed by atoms with van der Waals surface area (Å²) in [4.78, 5) is 16.1. The molecule has 6 nitrogen and oxygen atoms in total. The van der Waals surface area contributed by atoms with Crippen molar-refractivity contribution in [2.75, 3.05) is 6.54 Å². The molecule has 0 radical (unpaired) electrons. The van der Waals surface area contributed by atoms with Gasteiger partial charge < -0.3 is 10.2 Å². The van der Waals surface area contributed by atoms with Gasteiger partial charge in [-0.3, -0.25) is 10.1 Å². The Bertz CT molecular complexity index is 565. The lowest BCUT2D eigenvalue weighted by molar-refractivity contribution is -0.404. The SMILES string of the molecule is C#CC[C@@H]1CN/C(=C\[N+](=O)[O-])N1Cc1ccc(Cl)nc1. The van der Waals surface area contributed by atoms with Gasteiger partial charge in [0.2, 0.25) is 0 Å². The second-order valence-electron chi connectivity index (χ2n) is 4.36. The van der Waals surface area contributed by atoms with Crippen LogP contribution in [0.15, 0.2) is 30.4 Å². The smallest absolute Gasteiger partial charge is 0.274 e. The van der Waals surface area contributed by atoms with E-state index in [-0.39, 0.29) is 6.04 Å². The summed E-state index contributed by atoms with van der Waals surface area (Å²) in [6.07, 6.45) is 8.47. The van der Waals surface area contributed by atoms with E-state index in [0.717, 1.165) is 11.8 Å². The number of hydrogen-bond donors (Lipinski definition) is 1. The fraction of sp³-hybridized carbons (Fsp3) is 0.308. The second kappa shape index (κ2) is 6.26. The van der Waals surface area contributed by atoms with Crippen LogP contribution in [0.1, 0.15) is 12.0 Å². The van der Waals surface area contributed by atoms with Crippen molar-refractivity contribution in [1.82, 2.24) is 15.2 Å². The monoisotopic (exact) mass is 292 g/mol. The van der Waals surface area contributed by atoms with E-state index in [2.05, 4.69) is 16.2 Å². The van der Waals surface area contributed by atoms with Gasteiger partial charge in [0.15, 0.2) is 5.82 Å². The summed E-state index contributed by atoms with van der Waals surface area (Å²) >= 11 is 5.74. The first kappa shape index (κ1) is 14.2. The van der Waals surface area contributed by atoms with Gasteiger partial charge in [-0.05, 0) is 11.6 Å². The molecule has 1 aromatic heterocycles. The third kappa shape index (κ3) is 3.39. The number of pyridine rings is 1. The molecule has 0 aliphatic carbocycles. The summed E-state index contributed by atoms with van der Waals surface area (Å²) in [5.74, 6) is 3.06. The van der Waals surface area contributed by atoms with E-state index in [9.17, 15) is 10.1 Å². The molecule has 104 valence electrons. The Labute approximate surface area is 121 Å². The molecule has 1 aliphatic rings. The highest BCUT2D eigenvalue weighted by atomic mass is 35.5. The molecule has 1 N–H and O–H groups in total. The van der Waals surface area contributed by atoms with E-state index in [1.807, 2.05) is 11.0 Å². The van der Waals surface area contributed by atoms with Gasteiger partial charge in [-0.25, -0.2) is 4.98 Å². The second-order valence-corrected chi connectivity index (χ2v) is 4.75. The fourth-order valence-corrected chi connectivity index (χ4v) is 2.19. The Balaban J connectivity index is 2.20. The van der Waals surface area contributed by atoms with Gasteiger partial charge in [0.1, 0.15) is 5.15 Å². The molecule has 2 rings (SSSR count). The van der Waals surface area contributed by atoms with Gasteiger partial charge in [0.25, 0.3) is 6.20 Å². The maximum atomic E-state index is 10.7. The molecule has 20 heavy (non-hydrogen) atoms. The highest BCUT2D eigenvalue weighted by molar-refractivity contribution is 6.29. The molecule has 0 unspecified atom stereocenters. The van der Waals surface area contributed by atoms with Crippen LogP contribution in [-0.4, -0.2) is 27.4 Å². The van der Waals surface area contributed by atoms with Gasteiger partial charge in [0, 0.05) is 25.7 Å². The van der Waals surface area contributed by atoms with Crippen LogP contribution in [0.2, 0.25) is 5.15 Å². The molecule has 0 spiro atoms. The summed E-state index contributed by atoms with van der Waals surface area (Å²) in [6, 6.07) is 3.56. The van der Waals surface area contributed by atoms with Gasteiger partial charge >= 0.3 is 0 Å². The summed E-state index contributed by atoms with van der Waals surface area (Å²) in [5, 5.41) is 14.1. The van der Waals surface area contributed by atoms with E-state index in [1.165, 1.54) is 0 Å². The van der Waals surface area contributed by atoms with Crippen molar-refractivity contribution in [2.45, 2.75) is 19.0 Å². The normalized spacial score (nSPS) is 19.7. The van der Waals surface area contributed by atoms with Crippen LogP contribution < -0.4 is 5.32 Å². The zero-order valence-corrected chi connectivity index (χ0v) is 11.4. The molecule has 0 bridgehead atoms. The van der Waals surface area contributed by atoms with Crippen molar-refractivity contribution in [3.05, 3.63) is 51.2 Å². The minimum Gasteiger partial charge on any atom is -0.364 e. The quantitative estimate of drug-likeness (QED) is 0.395. The van der Waals surface area contributed by atoms with Crippen molar-refractivity contribution in [2.24, 2.45) is 0 Å². The van der Waals surface area contributed by atoms with E-state index < -0.39 is 4.92 Å². The van der Waals surface area contributed by atoms with Gasteiger partial charge in [0.05, 0.1) is 11.0 Å². The average molecular weight is 293 g/mol. The molecule has 0 amide bonds. The maximum absolute atomic E-state index is 10.7. The van der Waals surface area contributed by atoms with Crippen LogP contribution in [0, 0.1) is 22.5 Å². The number of rotatable bonds is 4. The van der Waals surface area contributed by atoms with E-state index >= 15 is 0 Å². The summed E-state index contributed by atoms with van der Waals surface area (Å²) in [6.45, 7) is 1.08. The molecule has 1 aromatic rings. The topological polar surface area (TPSA) is 71.3 Å². The minimum absolute atomic E-state index is 0.0295. The molecule has 0 saturated carbocycles. The first-order chi connectivity index (χ1) is 9.60. The Hall–Kier alpha value is -2.26. The van der Waals surface area contributed by atoms with Crippen molar-refractivity contribution in [1.29, 1.82) is 0 Å². The van der Waals surface area contributed by atoms with Crippen molar-refractivity contribution in [3.8, 4) is 12.3 Å². The number of nitro groups is 1. The van der Waals surface area contributed by atoms with Gasteiger partial charge in [-0.2, -0.15) is 0 Å². The Morgan fingerprint density at radius 2 is 2.50 bits per heavy atom. The lowest BCUT2D eigenvalue weighted by atomic mass is 10.2. The lowest BCUT2D eigenvalue weighted by Gasteiger charge is -2.23. The van der Waals surface area contributed by atoms with Crippen molar-refractivity contribution >= 4 is 11.6 Å². The van der Waals surface area contributed by atoms with Crippen LogP contribution in [0.5, 0.6) is 0 Å². The fourth-order valence-electron chi connectivity index (χ4n) is 2.08. The van der Waals surface area contributed by atoms with E-state index in [0.29, 0.717) is 30.5 Å². The molecule has 1 aliphatic heterocycles. The van der Waals surface area contributed by atoms with Crippen LogP contribution in [-0.2, 0) is 6.54 Å².